The Balaban J connectivity index is 1.35. The van der Waals surface area contributed by atoms with Gasteiger partial charge >= 0.3 is 5.97 Å². The van der Waals surface area contributed by atoms with Crippen LogP contribution in [0, 0.1) is 0 Å². The average Bonchev–Trinajstić information content (AvgIpc) is 3.48. The van der Waals surface area contributed by atoms with Crippen molar-refractivity contribution in [2.24, 2.45) is 5.16 Å². The molecule has 0 radical (unpaired) electrons. The van der Waals surface area contributed by atoms with E-state index in [-0.39, 0.29) is 28.2 Å². The number of anilines is 2. The summed E-state index contributed by atoms with van der Waals surface area (Å²) in [5.41, 5.74) is 6.36. The van der Waals surface area contributed by atoms with E-state index in [0.29, 0.717) is 29.8 Å². The van der Waals surface area contributed by atoms with E-state index in [1.54, 1.807) is 29.4 Å². The molecule has 190 valence electrons. The number of rotatable bonds is 6. The number of thioether (sulfide) groups is 1. The molecule has 5 rings (SSSR count). The zero-order valence-electron chi connectivity index (χ0n) is 18.9. The molecule has 2 aromatic rings. The summed E-state index contributed by atoms with van der Waals surface area (Å²) in [6.07, 6.45) is 5.13. The third-order valence-corrected chi connectivity index (χ3v) is 7.97. The Morgan fingerprint density at radius 2 is 2.14 bits per heavy atom. The van der Waals surface area contributed by atoms with E-state index in [4.69, 9.17) is 5.73 Å². The summed E-state index contributed by atoms with van der Waals surface area (Å²) in [6, 6.07) is 2.45. The molecule has 0 aliphatic carbocycles. The van der Waals surface area contributed by atoms with E-state index in [1.165, 1.54) is 23.2 Å². The van der Waals surface area contributed by atoms with Crippen LogP contribution in [0.3, 0.4) is 0 Å². The van der Waals surface area contributed by atoms with Gasteiger partial charge in [-0.3, -0.25) is 24.3 Å². The smallest absolute Gasteiger partial charge is 0.352 e. The van der Waals surface area contributed by atoms with Gasteiger partial charge in [-0.25, -0.2) is 9.78 Å². The molecule has 0 unspecified atom stereocenters. The molecule has 2 fully saturated rings. The number of carboxylic acid groups (broad SMARTS) is 1. The minimum absolute atomic E-state index is 0.0454. The van der Waals surface area contributed by atoms with Gasteiger partial charge in [-0.2, -0.15) is 0 Å². The van der Waals surface area contributed by atoms with Crippen LogP contribution in [0.1, 0.15) is 12.1 Å². The van der Waals surface area contributed by atoms with Gasteiger partial charge in [0, 0.05) is 29.4 Å². The molecular weight excluding hydrogens is 522 g/mol. The fourth-order valence-corrected chi connectivity index (χ4v) is 6.14. The standard InChI is InChI=1S/C22H19N7O6S2/c23-22-25-13(9-37-22)14(27-35)17(30)26-15-19(32)29-16(21(33)34)11(8-36-20(15)29)6-10-3-5-28(18(10)31)12-2-1-4-24-7-12/h1-2,4,6-7,9,15,20,35H,3,5,8H2,(H2,23,25)(H,26,30)(H,33,34)/b10-6?,27-14-/t15-,20-/m1/s1. The maximum atomic E-state index is 12.9. The van der Waals surface area contributed by atoms with Crippen LogP contribution in [0.5, 0.6) is 0 Å². The highest BCUT2D eigenvalue weighted by Gasteiger charge is 2.54. The van der Waals surface area contributed by atoms with E-state index in [2.05, 4.69) is 20.4 Å². The number of hydrogen-bond acceptors (Lipinski definition) is 11. The van der Waals surface area contributed by atoms with E-state index in [0.717, 1.165) is 16.2 Å². The summed E-state index contributed by atoms with van der Waals surface area (Å²) in [5.74, 6) is -2.86. The highest BCUT2D eigenvalue weighted by atomic mass is 32.2. The number of thiazole rings is 1. The number of nitrogen functional groups attached to an aromatic ring is 1. The van der Waals surface area contributed by atoms with Crippen LogP contribution in [0.2, 0.25) is 0 Å². The lowest BCUT2D eigenvalue weighted by molar-refractivity contribution is -0.150. The molecule has 0 saturated carbocycles. The quantitative estimate of drug-likeness (QED) is 0.131. The highest BCUT2D eigenvalue weighted by molar-refractivity contribution is 8.00. The van der Waals surface area contributed by atoms with Gasteiger partial charge in [0.05, 0.1) is 11.9 Å². The molecule has 2 aromatic heterocycles. The predicted molar refractivity (Wildman–Crippen MR) is 134 cm³/mol. The number of aliphatic carboxylic acids is 1. The molecule has 5 heterocycles. The van der Waals surface area contributed by atoms with Gasteiger partial charge in [0.1, 0.15) is 22.8 Å². The second-order valence-electron chi connectivity index (χ2n) is 8.15. The van der Waals surface area contributed by atoms with Crippen molar-refractivity contribution < 1.29 is 29.5 Å². The Morgan fingerprint density at radius 3 is 2.78 bits per heavy atom. The Kier molecular flexibility index (Phi) is 6.39. The van der Waals surface area contributed by atoms with Gasteiger partial charge in [0.2, 0.25) is 0 Å². The lowest BCUT2D eigenvalue weighted by Gasteiger charge is -2.49. The maximum absolute atomic E-state index is 12.9. The fraction of sp³-hybridized carbons (Fsp3) is 0.227. The summed E-state index contributed by atoms with van der Waals surface area (Å²) in [5, 5.41) is 25.6. The molecule has 2 atom stereocenters. The number of amides is 3. The molecule has 0 aromatic carbocycles. The summed E-state index contributed by atoms with van der Waals surface area (Å²) in [6.45, 7) is 0.429. The monoisotopic (exact) mass is 541 g/mol. The Morgan fingerprint density at radius 1 is 1.32 bits per heavy atom. The van der Waals surface area contributed by atoms with Crippen LogP contribution in [-0.4, -0.2) is 78.3 Å². The van der Waals surface area contributed by atoms with Crippen LogP contribution < -0.4 is 16.0 Å². The molecule has 3 aliphatic rings. The number of fused-ring (bicyclic) bond motifs is 1. The molecule has 2 saturated heterocycles. The first kappa shape index (κ1) is 24.5. The topological polar surface area (TPSA) is 191 Å². The first-order valence-electron chi connectivity index (χ1n) is 10.9. The zero-order valence-corrected chi connectivity index (χ0v) is 20.5. The lowest BCUT2D eigenvalue weighted by atomic mass is 10.0. The molecule has 0 spiro atoms. The minimum atomic E-state index is -1.32. The third kappa shape index (κ3) is 4.31. The molecule has 0 bridgehead atoms. The van der Waals surface area contributed by atoms with Gasteiger partial charge in [0.25, 0.3) is 17.7 Å². The van der Waals surface area contributed by atoms with Crippen molar-refractivity contribution in [2.45, 2.75) is 17.8 Å². The van der Waals surface area contributed by atoms with Crippen LogP contribution >= 0.6 is 23.1 Å². The first-order valence-corrected chi connectivity index (χ1v) is 12.8. The number of oxime groups is 1. The Labute approximate surface area is 217 Å². The number of carboxylic acids is 1. The molecule has 15 heteroatoms. The third-order valence-electron chi connectivity index (χ3n) is 6.00. The van der Waals surface area contributed by atoms with E-state index in [1.807, 2.05) is 0 Å². The average molecular weight is 542 g/mol. The number of allylic oxidation sites excluding steroid dienone is 1. The van der Waals surface area contributed by atoms with Crippen molar-refractivity contribution in [1.29, 1.82) is 0 Å². The number of nitrogens with two attached hydrogens (primary N) is 1. The largest absolute Gasteiger partial charge is 0.477 e. The molecule has 3 aliphatic heterocycles. The van der Waals surface area contributed by atoms with Crippen LogP contribution in [-0.2, 0) is 19.2 Å². The number of hydrogen-bond donors (Lipinski definition) is 4. The van der Waals surface area contributed by atoms with E-state index >= 15 is 0 Å². The van der Waals surface area contributed by atoms with Gasteiger partial charge < -0.3 is 26.3 Å². The molecule has 5 N–H and O–H groups in total. The summed E-state index contributed by atoms with van der Waals surface area (Å²) in [4.78, 5) is 61.3. The van der Waals surface area contributed by atoms with Crippen molar-refractivity contribution in [3.8, 4) is 0 Å². The van der Waals surface area contributed by atoms with Crippen molar-refractivity contribution in [2.75, 3.05) is 22.9 Å². The number of aromatic nitrogens is 2. The Bertz CT molecular complexity index is 1400. The summed E-state index contributed by atoms with van der Waals surface area (Å²) in [7, 11) is 0. The second kappa shape index (κ2) is 9.67. The van der Waals surface area contributed by atoms with Gasteiger partial charge in [0.15, 0.2) is 10.8 Å². The van der Waals surface area contributed by atoms with Crippen molar-refractivity contribution in [3.05, 3.63) is 58.5 Å². The van der Waals surface area contributed by atoms with Crippen LogP contribution in [0.25, 0.3) is 0 Å². The van der Waals surface area contributed by atoms with Crippen LogP contribution in [0.15, 0.2) is 58.0 Å². The number of carbonyl (C=O) groups excluding carboxylic acids is 3. The number of β-lactam (4-membered cyclic amide) rings is 1. The molecular formula is C22H19N7O6S2. The highest BCUT2D eigenvalue weighted by Crippen LogP contribution is 2.41. The summed E-state index contributed by atoms with van der Waals surface area (Å²) >= 11 is 2.30. The Hall–Kier alpha value is -4.24. The predicted octanol–water partition coefficient (Wildman–Crippen LogP) is 0.401. The normalized spacial score (nSPS) is 22.8. The molecule has 37 heavy (non-hydrogen) atoms. The minimum Gasteiger partial charge on any atom is -0.477 e. The fourth-order valence-electron chi connectivity index (χ4n) is 4.29. The van der Waals surface area contributed by atoms with E-state index < -0.39 is 34.9 Å². The second-order valence-corrected chi connectivity index (χ2v) is 10.1. The maximum Gasteiger partial charge on any atom is 0.352 e. The zero-order chi connectivity index (χ0) is 26.3. The van der Waals surface area contributed by atoms with Gasteiger partial charge in [-0.1, -0.05) is 5.16 Å². The summed E-state index contributed by atoms with van der Waals surface area (Å²) < 4.78 is 0. The number of nitrogens with zero attached hydrogens (tertiary/aromatic N) is 5. The molecule has 13 nitrogen and oxygen atoms in total. The van der Waals surface area contributed by atoms with Gasteiger partial charge in [-0.05, 0) is 30.2 Å². The van der Waals surface area contributed by atoms with Crippen LogP contribution in [0.4, 0.5) is 10.8 Å². The lowest BCUT2D eigenvalue weighted by Crippen LogP contribution is -2.71. The van der Waals surface area contributed by atoms with E-state index in [9.17, 15) is 29.5 Å². The van der Waals surface area contributed by atoms with Crippen molar-refractivity contribution in [3.63, 3.8) is 0 Å². The number of nitrogens with one attached hydrogen (secondary N) is 1. The number of carbonyl (C=O) groups is 4. The number of pyridine rings is 1. The molecule has 3 amide bonds. The SMILES string of the molecule is Nc1nc(/C(=N/O)C(=O)N[C@@H]2C(=O)N3C(C(=O)O)=C(C=C4CCN(c5cccnc5)C4=O)CS[C@H]23)cs1. The first-order chi connectivity index (χ1) is 17.8. The van der Waals surface area contributed by atoms with Gasteiger partial charge in [-0.15, -0.1) is 23.1 Å². The van der Waals surface area contributed by atoms with Crippen molar-refractivity contribution in [1.82, 2.24) is 20.2 Å². The van der Waals surface area contributed by atoms with Crippen molar-refractivity contribution >= 4 is 63.3 Å².